The number of anilines is 1. The average Bonchev–Trinajstić information content (AvgIpc) is 3.14. The molecule has 1 fully saturated rings. The van der Waals surface area contributed by atoms with Crippen LogP contribution in [0.1, 0.15) is 36.0 Å². The van der Waals surface area contributed by atoms with Crippen LogP contribution in [0.5, 0.6) is 0 Å². The normalized spacial score (nSPS) is 23.0. The molecule has 3 aromatic carbocycles. The number of carbonyl (C=O) groups is 2. The fraction of sp³-hybridized carbons (Fsp3) is 0.333. The SMILES string of the molecule is COCC(=O)N[C@H]1[C@H](OCc2ccccc2)CCC[C@@]12C(=O)N(Cc1ccccc1)c1ccccc12. The van der Waals surface area contributed by atoms with Crippen LogP contribution in [0.3, 0.4) is 0 Å². The van der Waals surface area contributed by atoms with E-state index in [-0.39, 0.29) is 24.5 Å². The van der Waals surface area contributed by atoms with E-state index in [1.54, 1.807) is 0 Å². The van der Waals surface area contributed by atoms with E-state index in [2.05, 4.69) is 5.32 Å². The van der Waals surface area contributed by atoms with E-state index >= 15 is 0 Å². The molecule has 1 aliphatic heterocycles. The standard InChI is InChI=1S/C30H32N2O4/c1-35-21-27(33)31-28-26(36-20-23-13-6-3-7-14-23)17-10-18-30(28)24-15-8-9-16-25(24)32(29(30)34)19-22-11-4-2-5-12-22/h2-9,11-16,26,28H,10,17-21H2,1H3,(H,31,33)/t26-,28+,30+/m1/s1. The first-order valence-corrected chi connectivity index (χ1v) is 12.5. The predicted molar refractivity (Wildman–Crippen MR) is 138 cm³/mol. The molecule has 0 radical (unpaired) electrons. The van der Waals surface area contributed by atoms with Gasteiger partial charge in [0.15, 0.2) is 0 Å². The molecular formula is C30H32N2O4. The molecule has 6 heteroatoms. The zero-order valence-corrected chi connectivity index (χ0v) is 20.6. The first kappa shape index (κ1) is 24.2. The van der Waals surface area contributed by atoms with E-state index in [4.69, 9.17) is 9.47 Å². The van der Waals surface area contributed by atoms with Crippen molar-refractivity contribution in [2.24, 2.45) is 0 Å². The summed E-state index contributed by atoms with van der Waals surface area (Å²) in [5, 5.41) is 3.16. The highest BCUT2D eigenvalue weighted by Crippen LogP contribution is 2.51. The van der Waals surface area contributed by atoms with Crippen LogP contribution in [0.2, 0.25) is 0 Å². The van der Waals surface area contributed by atoms with Crippen molar-refractivity contribution in [3.05, 3.63) is 102 Å². The summed E-state index contributed by atoms with van der Waals surface area (Å²) in [6.07, 6.45) is 1.93. The lowest BCUT2D eigenvalue weighted by molar-refractivity contribution is -0.134. The number of fused-ring (bicyclic) bond motifs is 2. The smallest absolute Gasteiger partial charge is 0.246 e. The van der Waals surface area contributed by atoms with Crippen LogP contribution >= 0.6 is 0 Å². The van der Waals surface area contributed by atoms with E-state index in [1.807, 2.05) is 89.8 Å². The Morgan fingerprint density at radius 1 is 0.972 bits per heavy atom. The third kappa shape index (κ3) is 4.54. The Labute approximate surface area is 212 Å². The molecule has 1 spiro atoms. The van der Waals surface area contributed by atoms with Crippen molar-refractivity contribution < 1.29 is 19.1 Å². The Kier molecular flexibility index (Phi) is 7.16. The second-order valence-corrected chi connectivity index (χ2v) is 9.57. The molecule has 2 aliphatic rings. The number of methoxy groups -OCH3 is 1. The van der Waals surface area contributed by atoms with Crippen LogP contribution in [-0.4, -0.2) is 37.7 Å². The third-order valence-corrected chi connectivity index (χ3v) is 7.35. The summed E-state index contributed by atoms with van der Waals surface area (Å²) in [6.45, 7) is 0.829. The largest absolute Gasteiger partial charge is 0.375 e. The van der Waals surface area contributed by atoms with Gasteiger partial charge < -0.3 is 19.7 Å². The summed E-state index contributed by atoms with van der Waals surface area (Å²) < 4.78 is 11.5. The summed E-state index contributed by atoms with van der Waals surface area (Å²) in [6, 6.07) is 27.5. The maximum Gasteiger partial charge on any atom is 0.246 e. The van der Waals surface area contributed by atoms with Crippen molar-refractivity contribution in [1.29, 1.82) is 0 Å². The van der Waals surface area contributed by atoms with Gasteiger partial charge in [0, 0.05) is 12.8 Å². The Hall–Kier alpha value is -3.48. The van der Waals surface area contributed by atoms with Crippen molar-refractivity contribution in [3.8, 4) is 0 Å². The zero-order chi connectivity index (χ0) is 25.0. The van der Waals surface area contributed by atoms with Gasteiger partial charge in [-0.05, 0) is 42.0 Å². The van der Waals surface area contributed by atoms with Gasteiger partial charge in [-0.1, -0.05) is 78.9 Å². The lowest BCUT2D eigenvalue weighted by Gasteiger charge is -2.45. The van der Waals surface area contributed by atoms with Crippen LogP contribution in [0, 0.1) is 0 Å². The van der Waals surface area contributed by atoms with E-state index in [1.165, 1.54) is 7.11 Å². The first-order chi connectivity index (χ1) is 17.6. The van der Waals surface area contributed by atoms with Gasteiger partial charge in [0.1, 0.15) is 6.61 Å². The molecule has 2 amide bonds. The minimum absolute atomic E-state index is 0.0169. The zero-order valence-electron chi connectivity index (χ0n) is 20.6. The first-order valence-electron chi connectivity index (χ1n) is 12.5. The fourth-order valence-corrected chi connectivity index (χ4v) is 5.76. The molecule has 1 aliphatic carbocycles. The Morgan fingerprint density at radius 2 is 1.64 bits per heavy atom. The van der Waals surface area contributed by atoms with Crippen molar-refractivity contribution in [2.45, 2.75) is 50.0 Å². The number of benzene rings is 3. The second-order valence-electron chi connectivity index (χ2n) is 9.57. The van der Waals surface area contributed by atoms with Crippen molar-refractivity contribution >= 4 is 17.5 Å². The molecule has 186 valence electrons. The van der Waals surface area contributed by atoms with Crippen LogP contribution in [0.25, 0.3) is 0 Å². The number of hydrogen-bond donors (Lipinski definition) is 1. The van der Waals surface area contributed by atoms with Crippen LogP contribution in [0.15, 0.2) is 84.9 Å². The van der Waals surface area contributed by atoms with Crippen molar-refractivity contribution in [2.75, 3.05) is 18.6 Å². The molecule has 3 aromatic rings. The van der Waals surface area contributed by atoms with E-state index in [0.29, 0.717) is 19.6 Å². The van der Waals surface area contributed by atoms with Gasteiger partial charge >= 0.3 is 0 Å². The van der Waals surface area contributed by atoms with E-state index < -0.39 is 11.5 Å². The highest BCUT2D eigenvalue weighted by molar-refractivity contribution is 6.09. The molecule has 0 aromatic heterocycles. The molecule has 1 saturated carbocycles. The number of para-hydroxylation sites is 1. The van der Waals surface area contributed by atoms with Crippen LogP contribution < -0.4 is 10.2 Å². The second kappa shape index (κ2) is 10.6. The van der Waals surface area contributed by atoms with Gasteiger partial charge in [-0.15, -0.1) is 0 Å². The molecule has 0 saturated heterocycles. The molecular weight excluding hydrogens is 452 g/mol. The number of carbonyl (C=O) groups excluding carboxylic acids is 2. The highest BCUT2D eigenvalue weighted by Gasteiger charge is 2.59. The molecule has 5 rings (SSSR count). The van der Waals surface area contributed by atoms with Gasteiger partial charge in [0.2, 0.25) is 11.8 Å². The summed E-state index contributed by atoms with van der Waals surface area (Å²) in [7, 11) is 1.50. The van der Waals surface area contributed by atoms with Gasteiger partial charge in [0.25, 0.3) is 0 Å². The molecule has 6 nitrogen and oxygen atoms in total. The number of amides is 2. The van der Waals surface area contributed by atoms with Crippen LogP contribution in [0.4, 0.5) is 5.69 Å². The summed E-state index contributed by atoms with van der Waals surface area (Å²) in [4.78, 5) is 29.1. The number of ether oxygens (including phenoxy) is 2. The summed E-state index contributed by atoms with van der Waals surface area (Å²) in [5.74, 6) is -0.229. The Morgan fingerprint density at radius 3 is 2.36 bits per heavy atom. The molecule has 3 atom stereocenters. The average molecular weight is 485 g/mol. The van der Waals surface area contributed by atoms with Crippen molar-refractivity contribution in [3.63, 3.8) is 0 Å². The van der Waals surface area contributed by atoms with Gasteiger partial charge in [0.05, 0.1) is 30.7 Å². The molecule has 36 heavy (non-hydrogen) atoms. The topological polar surface area (TPSA) is 67.9 Å². The quantitative estimate of drug-likeness (QED) is 0.516. The van der Waals surface area contributed by atoms with E-state index in [0.717, 1.165) is 35.2 Å². The van der Waals surface area contributed by atoms with Gasteiger partial charge in [-0.2, -0.15) is 0 Å². The Balaban J connectivity index is 1.52. The molecule has 0 unspecified atom stereocenters. The van der Waals surface area contributed by atoms with Gasteiger partial charge in [-0.25, -0.2) is 0 Å². The third-order valence-electron chi connectivity index (χ3n) is 7.35. The number of nitrogens with one attached hydrogen (secondary N) is 1. The lowest BCUT2D eigenvalue weighted by Crippen LogP contribution is -2.63. The predicted octanol–water partition coefficient (Wildman–Crippen LogP) is 4.37. The number of rotatable bonds is 8. The minimum atomic E-state index is -0.894. The number of nitrogens with zero attached hydrogens (tertiary/aromatic N) is 1. The van der Waals surface area contributed by atoms with Crippen LogP contribution in [-0.2, 0) is 37.6 Å². The highest BCUT2D eigenvalue weighted by atomic mass is 16.5. The maximum absolute atomic E-state index is 14.4. The Bertz CT molecular complexity index is 1200. The summed E-state index contributed by atoms with van der Waals surface area (Å²) in [5.41, 5.74) is 3.09. The monoisotopic (exact) mass is 484 g/mol. The minimum Gasteiger partial charge on any atom is -0.375 e. The summed E-state index contributed by atoms with van der Waals surface area (Å²) >= 11 is 0. The fourth-order valence-electron chi connectivity index (χ4n) is 5.76. The molecule has 1 heterocycles. The molecule has 1 N–H and O–H groups in total. The lowest BCUT2D eigenvalue weighted by atomic mass is 9.65. The number of hydrogen-bond acceptors (Lipinski definition) is 4. The van der Waals surface area contributed by atoms with Crippen molar-refractivity contribution in [1.82, 2.24) is 5.32 Å². The molecule has 0 bridgehead atoms. The van der Waals surface area contributed by atoms with Gasteiger partial charge in [-0.3, -0.25) is 9.59 Å². The van der Waals surface area contributed by atoms with E-state index in [9.17, 15) is 9.59 Å². The maximum atomic E-state index is 14.4.